The van der Waals surface area contributed by atoms with Gasteiger partial charge in [-0.3, -0.25) is 9.59 Å². The molecular formula is C38H44N4O4. The van der Waals surface area contributed by atoms with E-state index in [-0.39, 0.29) is 24.3 Å². The van der Waals surface area contributed by atoms with Gasteiger partial charge in [0.05, 0.1) is 37.2 Å². The van der Waals surface area contributed by atoms with Crippen molar-refractivity contribution in [2.24, 2.45) is 0 Å². The number of nitrogens with zero attached hydrogens (tertiary/aromatic N) is 1. The van der Waals surface area contributed by atoms with Gasteiger partial charge in [-0.1, -0.05) is 81.2 Å². The van der Waals surface area contributed by atoms with E-state index in [9.17, 15) is 9.59 Å². The highest BCUT2D eigenvalue weighted by atomic mass is 16.5. The lowest BCUT2D eigenvalue weighted by Crippen LogP contribution is -2.35. The van der Waals surface area contributed by atoms with Gasteiger partial charge in [0, 0.05) is 18.5 Å². The Kier molecular flexibility index (Phi) is 11.6. The fraction of sp³-hybridized carbons (Fsp3) is 0.342. The Labute approximate surface area is 271 Å². The van der Waals surface area contributed by atoms with Crippen molar-refractivity contribution in [2.75, 3.05) is 13.7 Å². The molecule has 4 aromatic rings. The molecule has 0 saturated heterocycles. The second-order valence-corrected chi connectivity index (χ2v) is 11.8. The molecule has 8 heteroatoms. The summed E-state index contributed by atoms with van der Waals surface area (Å²) in [5.74, 6) is 2.35. The largest absolute Gasteiger partial charge is 0.497 e. The molecule has 0 aliphatic heterocycles. The average Bonchev–Trinajstić information content (AvgIpc) is 3.48. The number of methoxy groups -OCH3 is 1. The minimum Gasteiger partial charge on any atom is -0.497 e. The zero-order valence-electron chi connectivity index (χ0n) is 26.8. The number of ether oxygens (including phenoxy) is 2. The number of aromatic amines is 1. The van der Waals surface area contributed by atoms with E-state index in [0.717, 1.165) is 58.1 Å². The topological polar surface area (TPSA) is 105 Å². The zero-order valence-corrected chi connectivity index (χ0v) is 26.8. The van der Waals surface area contributed by atoms with Crippen molar-refractivity contribution in [3.63, 3.8) is 0 Å². The van der Waals surface area contributed by atoms with Crippen molar-refractivity contribution in [2.45, 2.75) is 70.9 Å². The Morgan fingerprint density at radius 3 is 2.39 bits per heavy atom. The molecule has 1 aliphatic rings. The highest BCUT2D eigenvalue weighted by Gasteiger charge is 2.16. The first-order valence-corrected chi connectivity index (χ1v) is 16.3. The average molecular weight is 621 g/mol. The molecule has 0 radical (unpaired) electrons. The number of imidazole rings is 1. The quantitative estimate of drug-likeness (QED) is 0.120. The fourth-order valence-corrected chi connectivity index (χ4v) is 5.46. The number of carbonyl (C=O) groups excluding carboxylic acids is 2. The standard InChI is InChI=1S/C38H44N4O4/c1-3-4-5-6-7-22-46-33-19-10-27(11-20-33)24-36-41-34-21-12-29(23-35(34)42-36)26-39-38(44)30-13-15-31(16-14-30)40-37(43)25-28-8-17-32(45-2)18-9-28/h8-15,17-21,23,31H,3-7,16,22,24-26H2,1-2H3,(H,39,44)(H,40,43)(H,41,42). The lowest BCUT2D eigenvalue weighted by molar-refractivity contribution is -0.120. The molecule has 46 heavy (non-hydrogen) atoms. The molecule has 0 spiro atoms. The highest BCUT2D eigenvalue weighted by molar-refractivity contribution is 5.96. The number of H-pyrrole nitrogens is 1. The van der Waals surface area contributed by atoms with Crippen molar-refractivity contribution >= 4 is 22.8 Å². The third-order valence-electron chi connectivity index (χ3n) is 8.09. The smallest absolute Gasteiger partial charge is 0.251 e. The summed E-state index contributed by atoms with van der Waals surface area (Å²) < 4.78 is 11.1. The van der Waals surface area contributed by atoms with E-state index in [2.05, 4.69) is 34.7 Å². The van der Waals surface area contributed by atoms with Crippen LogP contribution in [0.3, 0.4) is 0 Å². The first-order valence-electron chi connectivity index (χ1n) is 16.3. The first-order chi connectivity index (χ1) is 22.5. The number of benzene rings is 3. The summed E-state index contributed by atoms with van der Waals surface area (Å²) in [6.07, 6.45) is 13.2. The lowest BCUT2D eigenvalue weighted by Gasteiger charge is -2.18. The number of carbonyl (C=O) groups is 2. The van der Waals surface area contributed by atoms with E-state index in [1.165, 1.54) is 25.7 Å². The Morgan fingerprint density at radius 2 is 1.65 bits per heavy atom. The summed E-state index contributed by atoms with van der Waals surface area (Å²) in [5.41, 5.74) is 5.48. The SMILES string of the molecule is CCCCCCCOc1ccc(Cc2nc3ccc(CNC(=O)C4=CCC(NC(=O)Cc5ccc(OC)cc5)C=C4)cc3[nH]2)cc1. The number of nitrogens with one attached hydrogen (secondary N) is 3. The zero-order chi connectivity index (χ0) is 32.1. The second kappa shape index (κ2) is 16.5. The van der Waals surface area contributed by atoms with Crippen LogP contribution in [0.5, 0.6) is 11.5 Å². The Morgan fingerprint density at radius 1 is 0.913 bits per heavy atom. The van der Waals surface area contributed by atoms with Gasteiger partial charge in [0.1, 0.15) is 17.3 Å². The summed E-state index contributed by atoms with van der Waals surface area (Å²) in [6.45, 7) is 3.39. The van der Waals surface area contributed by atoms with Gasteiger partial charge >= 0.3 is 0 Å². The summed E-state index contributed by atoms with van der Waals surface area (Å²) in [4.78, 5) is 33.5. The molecule has 2 amide bonds. The molecule has 0 bridgehead atoms. The van der Waals surface area contributed by atoms with Crippen LogP contribution >= 0.6 is 0 Å². The molecule has 1 aliphatic carbocycles. The van der Waals surface area contributed by atoms with E-state index in [1.54, 1.807) is 13.2 Å². The van der Waals surface area contributed by atoms with Crippen LogP contribution in [0, 0.1) is 0 Å². The first kappa shape index (κ1) is 32.5. The Hall–Kier alpha value is -4.85. The predicted octanol–water partition coefficient (Wildman–Crippen LogP) is 6.74. The van der Waals surface area contributed by atoms with Crippen molar-refractivity contribution in [3.8, 4) is 11.5 Å². The van der Waals surface area contributed by atoms with Crippen LogP contribution < -0.4 is 20.1 Å². The van der Waals surface area contributed by atoms with Gasteiger partial charge < -0.3 is 25.1 Å². The lowest BCUT2D eigenvalue weighted by atomic mass is 10.0. The van der Waals surface area contributed by atoms with E-state index in [1.807, 2.05) is 66.7 Å². The Bertz CT molecular complexity index is 1650. The molecule has 0 fully saturated rings. The maximum absolute atomic E-state index is 12.8. The molecule has 1 unspecified atom stereocenters. The highest BCUT2D eigenvalue weighted by Crippen LogP contribution is 2.19. The van der Waals surface area contributed by atoms with Gasteiger partial charge in [0.2, 0.25) is 5.91 Å². The number of hydrogen-bond donors (Lipinski definition) is 3. The molecule has 8 nitrogen and oxygen atoms in total. The molecule has 240 valence electrons. The van der Waals surface area contributed by atoms with Crippen LogP contribution in [0.4, 0.5) is 0 Å². The minimum absolute atomic E-state index is 0.0650. The third-order valence-corrected chi connectivity index (χ3v) is 8.09. The third kappa shape index (κ3) is 9.57. The summed E-state index contributed by atoms with van der Waals surface area (Å²) in [6, 6.07) is 21.5. The predicted molar refractivity (Wildman–Crippen MR) is 182 cm³/mol. The minimum atomic E-state index is -0.145. The van der Waals surface area contributed by atoms with Gasteiger partial charge in [-0.05, 0) is 65.9 Å². The van der Waals surface area contributed by atoms with Crippen LogP contribution in [0.1, 0.15) is 68.0 Å². The molecule has 3 N–H and O–H groups in total. The molecule has 0 saturated carbocycles. The van der Waals surface area contributed by atoms with Crippen LogP contribution in [0.15, 0.2) is 90.5 Å². The molecule has 1 heterocycles. The van der Waals surface area contributed by atoms with E-state index in [4.69, 9.17) is 14.5 Å². The summed E-state index contributed by atoms with van der Waals surface area (Å²) in [7, 11) is 1.61. The molecule has 3 aromatic carbocycles. The number of hydrogen-bond acceptors (Lipinski definition) is 5. The van der Waals surface area contributed by atoms with Crippen molar-refractivity contribution < 1.29 is 19.1 Å². The number of unbranched alkanes of at least 4 members (excludes halogenated alkanes) is 4. The number of rotatable bonds is 16. The Balaban J connectivity index is 1.05. The van der Waals surface area contributed by atoms with Gasteiger partial charge in [-0.2, -0.15) is 0 Å². The van der Waals surface area contributed by atoms with E-state index in [0.29, 0.717) is 25.0 Å². The molecule has 1 atom stereocenters. The summed E-state index contributed by atoms with van der Waals surface area (Å²) in [5, 5.41) is 6.02. The second-order valence-electron chi connectivity index (χ2n) is 11.8. The normalized spacial score (nSPS) is 14.1. The molecular weight excluding hydrogens is 576 g/mol. The van der Waals surface area contributed by atoms with Crippen LogP contribution in [-0.2, 0) is 29.0 Å². The molecule has 5 rings (SSSR count). The maximum Gasteiger partial charge on any atom is 0.251 e. The fourth-order valence-electron chi connectivity index (χ4n) is 5.46. The number of amides is 2. The van der Waals surface area contributed by atoms with Crippen LogP contribution in [0.2, 0.25) is 0 Å². The number of fused-ring (bicyclic) bond motifs is 1. The van der Waals surface area contributed by atoms with Gasteiger partial charge in [0.15, 0.2) is 0 Å². The van der Waals surface area contributed by atoms with Gasteiger partial charge in [0.25, 0.3) is 5.91 Å². The monoisotopic (exact) mass is 620 g/mol. The van der Waals surface area contributed by atoms with Crippen LogP contribution in [-0.4, -0.2) is 41.5 Å². The van der Waals surface area contributed by atoms with Gasteiger partial charge in [-0.15, -0.1) is 0 Å². The van der Waals surface area contributed by atoms with E-state index < -0.39 is 0 Å². The van der Waals surface area contributed by atoms with Crippen molar-refractivity contribution in [3.05, 3.63) is 113 Å². The van der Waals surface area contributed by atoms with Crippen LogP contribution in [0.25, 0.3) is 11.0 Å². The van der Waals surface area contributed by atoms with Gasteiger partial charge in [-0.25, -0.2) is 4.98 Å². The maximum atomic E-state index is 12.8. The number of aromatic nitrogens is 2. The molecule has 1 aromatic heterocycles. The van der Waals surface area contributed by atoms with Crippen molar-refractivity contribution in [1.82, 2.24) is 20.6 Å². The van der Waals surface area contributed by atoms with Crippen molar-refractivity contribution in [1.29, 1.82) is 0 Å². The van der Waals surface area contributed by atoms with E-state index >= 15 is 0 Å². The summed E-state index contributed by atoms with van der Waals surface area (Å²) >= 11 is 0.